The van der Waals surface area contributed by atoms with Crippen LogP contribution in [0.4, 0.5) is 0 Å². The lowest BCUT2D eigenvalue weighted by atomic mass is 10.2. The Morgan fingerprint density at radius 1 is 0.643 bits per heavy atom. The second-order valence-corrected chi connectivity index (χ2v) is 5.33. The van der Waals surface area contributed by atoms with Crippen molar-refractivity contribution in [3.63, 3.8) is 0 Å². The molecule has 0 unspecified atom stereocenters. The van der Waals surface area contributed by atoms with Crippen LogP contribution in [0.2, 0.25) is 0 Å². The first kappa shape index (κ1) is 24.5. The summed E-state index contributed by atoms with van der Waals surface area (Å²) in [5.74, 6) is -1.50. The number of rotatable bonds is 15. The van der Waals surface area contributed by atoms with Crippen molar-refractivity contribution >= 4 is 11.9 Å². The lowest BCUT2D eigenvalue weighted by Crippen LogP contribution is -2.30. The third-order valence-electron chi connectivity index (χ3n) is 3.26. The molecule has 0 atom stereocenters. The summed E-state index contributed by atoms with van der Waals surface area (Å²) in [7, 11) is 0. The first-order valence-electron chi connectivity index (χ1n) is 7.91. The van der Waals surface area contributed by atoms with Gasteiger partial charge in [0, 0.05) is 12.8 Å². The summed E-state index contributed by atoms with van der Waals surface area (Å²) in [5, 5.41) is 41.5. The molecular weight excluding hydrogens is 392 g/mol. The molecule has 0 amide bonds. The third kappa shape index (κ3) is 10.5. The SMILES string of the molecule is O=C(CCCCC(=O)OCCC([N+](=O)[O-])[N+](=O)[O-])OCCC([N+](=O)[O-])[N+](=O)[O-]. The third-order valence-corrected chi connectivity index (χ3v) is 3.26. The van der Waals surface area contributed by atoms with Gasteiger partial charge in [-0.3, -0.25) is 50.0 Å². The number of nitrogens with zero attached hydrogens (tertiary/aromatic N) is 4. The van der Waals surface area contributed by atoms with Crippen LogP contribution in [0.1, 0.15) is 38.5 Å². The van der Waals surface area contributed by atoms with Gasteiger partial charge >= 0.3 is 24.3 Å². The van der Waals surface area contributed by atoms with Crippen molar-refractivity contribution in [1.82, 2.24) is 0 Å². The fraction of sp³-hybridized carbons (Fsp3) is 0.833. The first-order valence-corrected chi connectivity index (χ1v) is 7.91. The van der Waals surface area contributed by atoms with E-state index in [1.807, 2.05) is 0 Å². The first-order chi connectivity index (χ1) is 13.1. The van der Waals surface area contributed by atoms with Crippen LogP contribution >= 0.6 is 0 Å². The van der Waals surface area contributed by atoms with Crippen molar-refractivity contribution in [3.8, 4) is 0 Å². The van der Waals surface area contributed by atoms with Crippen LogP contribution in [0, 0.1) is 40.5 Å². The summed E-state index contributed by atoms with van der Waals surface area (Å²) in [6.07, 6.45) is -5.18. The van der Waals surface area contributed by atoms with Gasteiger partial charge in [-0.05, 0) is 12.8 Å². The summed E-state index contributed by atoms with van der Waals surface area (Å²) in [4.78, 5) is 59.9. The average Bonchev–Trinajstić information content (AvgIpc) is 2.57. The van der Waals surface area contributed by atoms with Gasteiger partial charge in [0.25, 0.3) is 0 Å². The van der Waals surface area contributed by atoms with Crippen LogP contribution in [0.15, 0.2) is 0 Å². The molecule has 0 saturated carbocycles. The van der Waals surface area contributed by atoms with E-state index in [0.29, 0.717) is 0 Å². The van der Waals surface area contributed by atoms with Crippen LogP contribution in [-0.2, 0) is 19.1 Å². The number of nitro groups is 4. The minimum atomic E-state index is -2.06. The zero-order chi connectivity index (χ0) is 21.7. The lowest BCUT2D eigenvalue weighted by Gasteiger charge is -2.06. The number of carbonyl (C=O) groups is 2. The van der Waals surface area contributed by atoms with Crippen molar-refractivity contribution < 1.29 is 38.8 Å². The zero-order valence-corrected chi connectivity index (χ0v) is 14.5. The highest BCUT2D eigenvalue weighted by atomic mass is 16.7. The van der Waals surface area contributed by atoms with Gasteiger partial charge in [0.1, 0.15) is 26.1 Å². The summed E-state index contributed by atoms with van der Waals surface area (Å²) in [6.45, 7) is -0.997. The minimum absolute atomic E-state index is 0.139. The van der Waals surface area contributed by atoms with Crippen molar-refractivity contribution in [2.75, 3.05) is 13.2 Å². The van der Waals surface area contributed by atoms with Gasteiger partial charge in [0.05, 0.1) is 19.7 Å². The molecule has 0 heterocycles. The molecular formula is C12H18N4O12. The van der Waals surface area contributed by atoms with Crippen LogP contribution in [0.5, 0.6) is 0 Å². The number of hydrogen-bond acceptors (Lipinski definition) is 12. The molecule has 0 aromatic carbocycles. The van der Waals surface area contributed by atoms with E-state index in [9.17, 15) is 50.0 Å². The minimum Gasteiger partial charge on any atom is -0.465 e. The summed E-state index contributed by atoms with van der Waals surface area (Å²) in [6, 6.07) is 0. The van der Waals surface area contributed by atoms with Gasteiger partial charge in [-0.15, -0.1) is 0 Å². The predicted octanol–water partition coefficient (Wildman–Crippen LogP) is 0.172. The maximum Gasteiger partial charge on any atom is 0.454 e. The van der Waals surface area contributed by atoms with Crippen LogP contribution in [0.25, 0.3) is 0 Å². The molecule has 0 rings (SSSR count). The molecule has 0 N–H and O–H groups in total. The maximum absolute atomic E-state index is 11.4. The molecule has 158 valence electrons. The largest absolute Gasteiger partial charge is 0.465 e. The monoisotopic (exact) mass is 410 g/mol. The Morgan fingerprint density at radius 3 is 1.18 bits per heavy atom. The fourth-order valence-corrected chi connectivity index (χ4v) is 1.81. The average molecular weight is 410 g/mol. The normalized spacial score (nSPS) is 10.5. The Kier molecular flexibility index (Phi) is 11.2. The van der Waals surface area contributed by atoms with E-state index < -0.39 is 70.0 Å². The highest BCUT2D eigenvalue weighted by molar-refractivity contribution is 5.70. The Bertz CT molecular complexity index is 529. The lowest BCUT2D eigenvalue weighted by molar-refractivity contribution is -0.743. The predicted molar refractivity (Wildman–Crippen MR) is 85.2 cm³/mol. The van der Waals surface area contributed by atoms with Gasteiger partial charge in [-0.25, -0.2) is 0 Å². The molecule has 0 aliphatic heterocycles. The smallest absolute Gasteiger partial charge is 0.454 e. The highest BCUT2D eigenvalue weighted by Crippen LogP contribution is 2.06. The number of ether oxygens (including phenoxy) is 2. The molecule has 0 bridgehead atoms. The van der Waals surface area contributed by atoms with Crippen LogP contribution in [0.3, 0.4) is 0 Å². The van der Waals surface area contributed by atoms with E-state index in [1.165, 1.54) is 0 Å². The van der Waals surface area contributed by atoms with Crippen LogP contribution in [-0.4, -0.2) is 57.2 Å². The molecule has 0 fully saturated rings. The molecule has 28 heavy (non-hydrogen) atoms. The van der Waals surface area contributed by atoms with E-state index in [1.54, 1.807) is 0 Å². The molecule has 0 aromatic rings. The molecule has 0 radical (unpaired) electrons. The van der Waals surface area contributed by atoms with Crippen molar-refractivity contribution in [2.45, 2.75) is 50.9 Å². The Labute approximate surface area is 156 Å². The standard InChI is InChI=1S/C12H18N4O12/c17-11(27-7-5-9(13(19)20)14(21)22)3-1-2-4-12(18)28-8-6-10(15(23)24)16(25)26/h9-10H,1-8H2. The molecule has 16 nitrogen and oxygen atoms in total. The van der Waals surface area contributed by atoms with Gasteiger partial charge in [0.15, 0.2) is 0 Å². The van der Waals surface area contributed by atoms with Crippen molar-refractivity contribution in [1.29, 1.82) is 0 Å². The molecule has 0 aliphatic carbocycles. The summed E-state index contributed by atoms with van der Waals surface area (Å²) in [5.41, 5.74) is 0. The van der Waals surface area contributed by atoms with Gasteiger partial charge in [-0.2, -0.15) is 0 Å². The number of esters is 2. The van der Waals surface area contributed by atoms with Gasteiger partial charge in [-0.1, -0.05) is 0 Å². The Balaban J connectivity index is 3.88. The Hall–Kier alpha value is -3.46. The molecule has 16 heteroatoms. The van der Waals surface area contributed by atoms with E-state index in [4.69, 9.17) is 0 Å². The number of carbonyl (C=O) groups excluding carboxylic acids is 2. The van der Waals surface area contributed by atoms with E-state index in [2.05, 4.69) is 9.47 Å². The fourth-order valence-electron chi connectivity index (χ4n) is 1.81. The second-order valence-electron chi connectivity index (χ2n) is 5.33. The highest BCUT2D eigenvalue weighted by Gasteiger charge is 2.32. The maximum atomic E-state index is 11.4. The van der Waals surface area contributed by atoms with Crippen molar-refractivity contribution in [2.24, 2.45) is 0 Å². The zero-order valence-electron chi connectivity index (χ0n) is 14.5. The van der Waals surface area contributed by atoms with Gasteiger partial charge in [0.2, 0.25) is 0 Å². The summed E-state index contributed by atoms with van der Waals surface area (Å²) >= 11 is 0. The Morgan fingerprint density at radius 2 is 0.929 bits per heavy atom. The topological polar surface area (TPSA) is 225 Å². The number of hydrogen-bond donors (Lipinski definition) is 0. The van der Waals surface area contributed by atoms with E-state index in [-0.39, 0.29) is 25.7 Å². The van der Waals surface area contributed by atoms with Crippen molar-refractivity contribution in [3.05, 3.63) is 40.5 Å². The molecule has 0 saturated heterocycles. The van der Waals surface area contributed by atoms with Gasteiger partial charge < -0.3 is 9.47 Å². The van der Waals surface area contributed by atoms with Crippen LogP contribution < -0.4 is 0 Å². The molecule has 0 aliphatic rings. The molecule has 0 spiro atoms. The quantitative estimate of drug-likeness (QED) is 0.116. The molecule has 0 aromatic heterocycles. The van der Waals surface area contributed by atoms with E-state index in [0.717, 1.165) is 0 Å². The summed E-state index contributed by atoms with van der Waals surface area (Å²) < 4.78 is 9.25. The second kappa shape index (κ2) is 12.8. The van der Waals surface area contributed by atoms with E-state index >= 15 is 0 Å². The number of unbranched alkanes of at least 4 members (excludes halogenated alkanes) is 1.